The van der Waals surface area contributed by atoms with Gasteiger partial charge in [0.05, 0.1) is 12.2 Å². The second-order valence-corrected chi connectivity index (χ2v) is 4.94. The molecule has 0 aromatic rings. The Morgan fingerprint density at radius 2 is 1.77 bits per heavy atom. The van der Waals surface area contributed by atoms with Gasteiger partial charge in [-0.1, -0.05) is 0 Å². The molecule has 1 saturated heterocycles. The van der Waals surface area contributed by atoms with E-state index < -0.39 is 22.4 Å². The molecule has 2 atom stereocenters. The fourth-order valence-corrected chi connectivity index (χ4v) is 2.33. The van der Waals surface area contributed by atoms with Gasteiger partial charge in [0.25, 0.3) is 10.2 Å². The van der Waals surface area contributed by atoms with Crippen molar-refractivity contribution in [1.82, 2.24) is 9.03 Å². The number of rotatable bonds is 2. The van der Waals surface area contributed by atoms with Gasteiger partial charge >= 0.3 is 0 Å². The molecule has 1 rings (SSSR count). The Morgan fingerprint density at radius 3 is 2.15 bits per heavy atom. The van der Waals surface area contributed by atoms with Crippen LogP contribution in [0.4, 0.5) is 0 Å². The van der Waals surface area contributed by atoms with E-state index >= 15 is 0 Å². The fraction of sp³-hybridized carbons (Fsp3) is 1.00. The molecule has 6 nitrogen and oxygen atoms in total. The number of aliphatic hydroxyl groups excluding tert-OH is 2. The maximum Gasteiger partial charge on any atom is 0.279 e. The van der Waals surface area contributed by atoms with E-state index in [2.05, 4.69) is 4.72 Å². The van der Waals surface area contributed by atoms with Gasteiger partial charge in [0, 0.05) is 26.6 Å². The van der Waals surface area contributed by atoms with Crippen LogP contribution in [-0.4, -0.2) is 55.3 Å². The lowest BCUT2D eigenvalue weighted by Crippen LogP contribution is -2.51. The normalized spacial score (nSPS) is 31.9. The standard InChI is InChI=1S/C6H14N2O4S/c1-7-13(11,12)8-3-5(9)2-6(10)4-8/h5-7,9-10H,2-4H2,1H3/t5-,6+. The Kier molecular flexibility index (Phi) is 3.25. The fourth-order valence-electron chi connectivity index (χ4n) is 1.33. The minimum atomic E-state index is -3.52. The highest BCUT2D eigenvalue weighted by Gasteiger charge is 2.31. The van der Waals surface area contributed by atoms with Gasteiger partial charge < -0.3 is 10.2 Å². The summed E-state index contributed by atoms with van der Waals surface area (Å²) in [4.78, 5) is 0. The predicted molar refractivity (Wildman–Crippen MR) is 46.2 cm³/mol. The predicted octanol–water partition coefficient (Wildman–Crippen LogP) is -2.12. The quantitative estimate of drug-likeness (QED) is 0.486. The van der Waals surface area contributed by atoms with Gasteiger partial charge in [-0.3, -0.25) is 0 Å². The zero-order chi connectivity index (χ0) is 10.1. The van der Waals surface area contributed by atoms with Crippen LogP contribution in [0.1, 0.15) is 6.42 Å². The lowest BCUT2D eigenvalue weighted by Gasteiger charge is -2.31. The third-order valence-electron chi connectivity index (χ3n) is 1.97. The molecule has 0 radical (unpaired) electrons. The molecule has 0 bridgehead atoms. The van der Waals surface area contributed by atoms with E-state index in [4.69, 9.17) is 0 Å². The molecule has 0 amide bonds. The molecule has 1 aliphatic heterocycles. The highest BCUT2D eigenvalue weighted by molar-refractivity contribution is 7.87. The SMILES string of the molecule is CNS(=O)(=O)N1C[C@H](O)C[C@H](O)C1. The van der Waals surface area contributed by atoms with Crippen molar-refractivity contribution < 1.29 is 18.6 Å². The van der Waals surface area contributed by atoms with E-state index in [1.165, 1.54) is 7.05 Å². The Labute approximate surface area is 77.4 Å². The third kappa shape index (κ3) is 2.61. The van der Waals surface area contributed by atoms with Crippen LogP contribution in [0.15, 0.2) is 0 Å². The van der Waals surface area contributed by atoms with Crippen LogP contribution in [-0.2, 0) is 10.2 Å². The van der Waals surface area contributed by atoms with Crippen molar-refractivity contribution in [1.29, 1.82) is 0 Å². The number of hydrogen-bond acceptors (Lipinski definition) is 4. The van der Waals surface area contributed by atoms with E-state index in [1.54, 1.807) is 0 Å². The van der Waals surface area contributed by atoms with E-state index in [9.17, 15) is 18.6 Å². The van der Waals surface area contributed by atoms with Crippen LogP contribution in [0.5, 0.6) is 0 Å². The molecule has 0 unspecified atom stereocenters. The summed E-state index contributed by atoms with van der Waals surface area (Å²) >= 11 is 0. The summed E-state index contributed by atoms with van der Waals surface area (Å²) < 4.78 is 25.6. The molecule has 13 heavy (non-hydrogen) atoms. The largest absolute Gasteiger partial charge is 0.392 e. The van der Waals surface area contributed by atoms with Crippen LogP contribution in [0, 0.1) is 0 Å². The minimum Gasteiger partial charge on any atom is -0.392 e. The average molecular weight is 210 g/mol. The van der Waals surface area contributed by atoms with Gasteiger partial charge in [0.15, 0.2) is 0 Å². The molecule has 0 aromatic carbocycles. The second kappa shape index (κ2) is 3.89. The first-order valence-corrected chi connectivity index (χ1v) is 5.44. The van der Waals surface area contributed by atoms with Gasteiger partial charge in [0.2, 0.25) is 0 Å². The first-order valence-electron chi connectivity index (χ1n) is 4.00. The van der Waals surface area contributed by atoms with Crippen molar-refractivity contribution >= 4 is 10.2 Å². The number of β-amino-alcohol motifs (C(OH)–C–C–N with tert-alkyl or cyclic N) is 2. The Bertz CT molecular complexity index is 256. The molecule has 3 N–H and O–H groups in total. The zero-order valence-electron chi connectivity index (χ0n) is 7.34. The summed E-state index contributed by atoms with van der Waals surface area (Å²) in [5.41, 5.74) is 0. The van der Waals surface area contributed by atoms with E-state index in [0.717, 1.165) is 4.31 Å². The Hall–Kier alpha value is -0.210. The van der Waals surface area contributed by atoms with Gasteiger partial charge in [0.1, 0.15) is 0 Å². The second-order valence-electron chi connectivity index (χ2n) is 3.07. The van der Waals surface area contributed by atoms with Crippen LogP contribution < -0.4 is 4.72 Å². The Morgan fingerprint density at radius 1 is 1.31 bits per heavy atom. The van der Waals surface area contributed by atoms with Crippen molar-refractivity contribution in [3.63, 3.8) is 0 Å². The highest BCUT2D eigenvalue weighted by Crippen LogP contribution is 2.12. The summed E-state index contributed by atoms with van der Waals surface area (Å²) in [5.74, 6) is 0. The van der Waals surface area contributed by atoms with Crippen molar-refractivity contribution in [3.8, 4) is 0 Å². The number of aliphatic hydroxyl groups is 2. The summed E-state index contributed by atoms with van der Waals surface area (Å²) in [6, 6.07) is 0. The first kappa shape index (κ1) is 10.9. The molecule has 1 fully saturated rings. The summed E-state index contributed by atoms with van der Waals surface area (Å²) in [6.45, 7) is 0.0838. The van der Waals surface area contributed by atoms with Gasteiger partial charge in [-0.25, -0.2) is 4.72 Å². The number of nitrogens with one attached hydrogen (secondary N) is 1. The highest BCUT2D eigenvalue weighted by atomic mass is 32.2. The average Bonchev–Trinajstić information content (AvgIpc) is 2.02. The summed E-state index contributed by atoms with van der Waals surface area (Å²) in [7, 11) is -2.23. The molecule has 1 aliphatic rings. The zero-order valence-corrected chi connectivity index (χ0v) is 8.16. The van der Waals surface area contributed by atoms with Crippen LogP contribution >= 0.6 is 0 Å². The van der Waals surface area contributed by atoms with E-state index in [1.807, 2.05) is 0 Å². The molecular formula is C6H14N2O4S. The molecule has 0 aliphatic carbocycles. The molecule has 0 aromatic heterocycles. The topological polar surface area (TPSA) is 89.9 Å². The molecule has 1 heterocycles. The smallest absolute Gasteiger partial charge is 0.279 e. The van der Waals surface area contributed by atoms with Crippen LogP contribution in [0.3, 0.4) is 0 Å². The lowest BCUT2D eigenvalue weighted by atomic mass is 10.1. The molecule has 0 spiro atoms. The minimum absolute atomic E-state index is 0.0419. The van der Waals surface area contributed by atoms with Crippen LogP contribution in [0.25, 0.3) is 0 Å². The maximum atomic E-state index is 11.2. The van der Waals surface area contributed by atoms with Crippen molar-refractivity contribution in [2.24, 2.45) is 0 Å². The summed E-state index contributed by atoms with van der Waals surface area (Å²) in [6.07, 6.45) is -1.34. The first-order chi connectivity index (χ1) is 5.95. The third-order valence-corrected chi connectivity index (χ3v) is 3.46. The van der Waals surface area contributed by atoms with E-state index in [0.29, 0.717) is 0 Å². The molecule has 0 saturated carbocycles. The van der Waals surface area contributed by atoms with Crippen molar-refractivity contribution in [2.75, 3.05) is 20.1 Å². The van der Waals surface area contributed by atoms with Crippen LogP contribution in [0.2, 0.25) is 0 Å². The number of nitrogens with zero attached hydrogens (tertiary/aromatic N) is 1. The summed E-state index contributed by atoms with van der Waals surface area (Å²) in [5, 5.41) is 18.4. The Balaban J connectivity index is 2.71. The van der Waals surface area contributed by atoms with E-state index in [-0.39, 0.29) is 19.5 Å². The molecule has 7 heteroatoms. The van der Waals surface area contributed by atoms with Crippen molar-refractivity contribution in [2.45, 2.75) is 18.6 Å². The molecular weight excluding hydrogens is 196 g/mol. The van der Waals surface area contributed by atoms with Gasteiger partial charge in [-0.05, 0) is 0 Å². The monoisotopic (exact) mass is 210 g/mol. The van der Waals surface area contributed by atoms with Gasteiger partial charge in [-0.2, -0.15) is 12.7 Å². The molecule has 78 valence electrons. The maximum absolute atomic E-state index is 11.2. The van der Waals surface area contributed by atoms with Crippen molar-refractivity contribution in [3.05, 3.63) is 0 Å². The van der Waals surface area contributed by atoms with Gasteiger partial charge in [-0.15, -0.1) is 0 Å². The lowest BCUT2D eigenvalue weighted by molar-refractivity contribution is 0.0210. The number of hydrogen-bond donors (Lipinski definition) is 3. The number of piperidine rings is 1.